The summed E-state index contributed by atoms with van der Waals surface area (Å²) in [5.41, 5.74) is 4.26. The van der Waals surface area contributed by atoms with Crippen molar-refractivity contribution in [2.75, 3.05) is 26.2 Å². The second-order valence-electron chi connectivity index (χ2n) is 8.23. The Morgan fingerprint density at radius 3 is 2.20 bits per heavy atom. The number of ether oxygens (including phenoxy) is 1. The zero-order valence-corrected chi connectivity index (χ0v) is 20.1. The average Bonchev–Trinajstić information content (AvgIpc) is 3.16. The van der Waals surface area contributed by atoms with E-state index in [1.807, 2.05) is 24.3 Å². The van der Waals surface area contributed by atoms with Gasteiger partial charge in [-0.15, -0.1) is 24.8 Å². The van der Waals surface area contributed by atoms with Crippen molar-refractivity contribution in [3.8, 4) is 11.1 Å². The Morgan fingerprint density at radius 2 is 1.63 bits per heavy atom. The normalized spacial score (nSPS) is 17.0. The standard InChI is InChI=1S/C25H22F3N3O2.2ClH/c26-25(27,28)23-10-9-16(13-30-23)22-14-31(12-11-29-22)24(32)33-15-21-19-7-3-1-5-17(19)18-6-2-4-8-20(18)21;;/h1-10,13,21-22,29H,11-12,14-15H2;2*1H. The zero-order valence-electron chi connectivity index (χ0n) is 18.5. The summed E-state index contributed by atoms with van der Waals surface area (Å²) in [7, 11) is 0. The lowest BCUT2D eigenvalue weighted by atomic mass is 9.98. The maximum Gasteiger partial charge on any atom is 0.433 e. The third kappa shape index (κ3) is 5.39. The predicted molar refractivity (Wildman–Crippen MR) is 131 cm³/mol. The summed E-state index contributed by atoms with van der Waals surface area (Å²) in [4.78, 5) is 18.0. The van der Waals surface area contributed by atoms with Gasteiger partial charge in [-0.2, -0.15) is 13.2 Å². The van der Waals surface area contributed by atoms with Crippen molar-refractivity contribution in [3.63, 3.8) is 0 Å². The molecule has 0 radical (unpaired) electrons. The molecule has 5 nitrogen and oxygen atoms in total. The van der Waals surface area contributed by atoms with Crippen molar-refractivity contribution in [3.05, 3.63) is 89.2 Å². The van der Waals surface area contributed by atoms with Crippen LogP contribution in [0.15, 0.2) is 66.9 Å². The van der Waals surface area contributed by atoms with Crippen LogP contribution in [0.25, 0.3) is 11.1 Å². The first-order chi connectivity index (χ1) is 15.9. The highest BCUT2D eigenvalue weighted by molar-refractivity contribution is 5.85. The molecule has 0 spiro atoms. The molecule has 1 saturated heterocycles. The summed E-state index contributed by atoms with van der Waals surface area (Å²) >= 11 is 0. The van der Waals surface area contributed by atoms with E-state index in [0.29, 0.717) is 25.2 Å². The highest BCUT2D eigenvalue weighted by Gasteiger charge is 2.33. The summed E-state index contributed by atoms with van der Waals surface area (Å²) in [6.07, 6.45) is -3.70. The minimum atomic E-state index is -4.48. The number of hydrogen-bond acceptors (Lipinski definition) is 4. The number of piperazine rings is 1. The molecule has 1 amide bonds. The highest BCUT2D eigenvalue weighted by atomic mass is 35.5. The van der Waals surface area contributed by atoms with Gasteiger partial charge in [0.15, 0.2) is 0 Å². The van der Waals surface area contributed by atoms with Crippen molar-refractivity contribution in [2.45, 2.75) is 18.1 Å². The quantitative estimate of drug-likeness (QED) is 0.466. The van der Waals surface area contributed by atoms with E-state index in [9.17, 15) is 18.0 Å². The molecule has 35 heavy (non-hydrogen) atoms. The smallest absolute Gasteiger partial charge is 0.433 e. The Bertz CT molecular complexity index is 1130. The van der Waals surface area contributed by atoms with Gasteiger partial charge in [-0.05, 0) is 33.9 Å². The van der Waals surface area contributed by atoms with Crippen molar-refractivity contribution in [1.29, 1.82) is 0 Å². The van der Waals surface area contributed by atoms with Crippen molar-refractivity contribution < 1.29 is 22.7 Å². The number of halogens is 5. The zero-order chi connectivity index (χ0) is 23.0. The number of rotatable bonds is 3. The van der Waals surface area contributed by atoms with Crippen molar-refractivity contribution >= 4 is 30.9 Å². The van der Waals surface area contributed by atoms with E-state index in [0.717, 1.165) is 28.3 Å². The van der Waals surface area contributed by atoms with Crippen molar-refractivity contribution in [1.82, 2.24) is 15.2 Å². The molecular weight excluding hydrogens is 502 g/mol. The first kappa shape index (κ1) is 26.8. The van der Waals surface area contributed by atoms with Crippen LogP contribution < -0.4 is 5.32 Å². The van der Waals surface area contributed by atoms with Gasteiger partial charge >= 0.3 is 12.3 Å². The molecule has 10 heteroatoms. The van der Waals surface area contributed by atoms with Gasteiger partial charge < -0.3 is 15.0 Å². The van der Waals surface area contributed by atoms with Gasteiger partial charge in [0.1, 0.15) is 12.3 Å². The molecule has 1 N–H and O–H groups in total. The third-order valence-electron chi connectivity index (χ3n) is 6.25. The lowest BCUT2D eigenvalue weighted by Gasteiger charge is -2.33. The number of amides is 1. The van der Waals surface area contributed by atoms with Gasteiger partial charge in [-0.3, -0.25) is 4.98 Å². The number of pyridine rings is 1. The summed E-state index contributed by atoms with van der Waals surface area (Å²) < 4.78 is 44.1. The SMILES string of the molecule is Cl.Cl.O=C(OCC1c2ccccc2-c2ccccc21)N1CCNC(c2ccc(C(F)(F)F)nc2)C1. The van der Waals surface area contributed by atoms with Crippen LogP contribution in [0.1, 0.15) is 34.3 Å². The molecule has 5 rings (SSSR count). The number of nitrogens with one attached hydrogen (secondary N) is 1. The molecule has 1 unspecified atom stereocenters. The van der Waals surface area contributed by atoms with Crippen LogP contribution in [-0.4, -0.2) is 42.2 Å². The molecule has 1 atom stereocenters. The molecule has 1 aliphatic heterocycles. The van der Waals surface area contributed by atoms with Gasteiger partial charge in [0, 0.05) is 31.7 Å². The van der Waals surface area contributed by atoms with Gasteiger partial charge in [-0.25, -0.2) is 4.79 Å². The van der Waals surface area contributed by atoms with Crippen LogP contribution in [0.3, 0.4) is 0 Å². The summed E-state index contributed by atoms with van der Waals surface area (Å²) in [5.74, 6) is -0.0285. The second kappa shape index (κ2) is 10.8. The van der Waals surface area contributed by atoms with Crippen LogP contribution in [0.5, 0.6) is 0 Å². The molecule has 3 aromatic rings. The van der Waals surface area contributed by atoms with Crippen LogP contribution in [0.4, 0.5) is 18.0 Å². The van der Waals surface area contributed by atoms with Crippen LogP contribution in [0.2, 0.25) is 0 Å². The second-order valence-corrected chi connectivity index (χ2v) is 8.23. The monoisotopic (exact) mass is 525 g/mol. The van der Waals surface area contributed by atoms with Crippen LogP contribution >= 0.6 is 24.8 Å². The van der Waals surface area contributed by atoms with Gasteiger partial charge in [0.25, 0.3) is 0 Å². The maximum atomic E-state index is 12.9. The van der Waals surface area contributed by atoms with E-state index >= 15 is 0 Å². The molecule has 2 aromatic carbocycles. The number of fused-ring (bicyclic) bond motifs is 3. The first-order valence-corrected chi connectivity index (χ1v) is 10.8. The largest absolute Gasteiger partial charge is 0.448 e. The topological polar surface area (TPSA) is 54.5 Å². The average molecular weight is 526 g/mol. The highest BCUT2D eigenvalue weighted by Crippen LogP contribution is 2.44. The van der Waals surface area contributed by atoms with E-state index in [-0.39, 0.29) is 43.4 Å². The number of nitrogens with zero attached hydrogens (tertiary/aromatic N) is 2. The Morgan fingerprint density at radius 1 is 1.00 bits per heavy atom. The van der Waals surface area contributed by atoms with E-state index in [4.69, 9.17) is 4.74 Å². The van der Waals surface area contributed by atoms with Gasteiger partial charge in [0.2, 0.25) is 0 Å². The number of carbonyl (C=O) groups excluding carboxylic acids is 1. The molecule has 1 aliphatic carbocycles. The van der Waals surface area contributed by atoms with Crippen LogP contribution in [-0.2, 0) is 10.9 Å². The molecular formula is C25H24Cl2F3N3O2. The molecule has 0 saturated carbocycles. The fourth-order valence-corrected chi connectivity index (χ4v) is 4.60. The predicted octanol–water partition coefficient (Wildman–Crippen LogP) is 5.84. The van der Waals surface area contributed by atoms with Gasteiger partial charge in [-0.1, -0.05) is 54.6 Å². The molecule has 0 bridgehead atoms. The molecule has 2 heterocycles. The van der Waals surface area contributed by atoms with Crippen LogP contribution in [0, 0.1) is 0 Å². The maximum absolute atomic E-state index is 12.9. The minimum Gasteiger partial charge on any atom is -0.448 e. The van der Waals surface area contributed by atoms with E-state index in [1.165, 1.54) is 12.3 Å². The molecule has 186 valence electrons. The lowest BCUT2D eigenvalue weighted by molar-refractivity contribution is -0.141. The summed E-state index contributed by atoms with van der Waals surface area (Å²) in [6.45, 7) is 1.49. The van der Waals surface area contributed by atoms with Gasteiger partial charge in [0.05, 0.1) is 6.04 Å². The van der Waals surface area contributed by atoms with E-state index < -0.39 is 18.0 Å². The fraction of sp³-hybridized carbons (Fsp3) is 0.280. The number of hydrogen-bond donors (Lipinski definition) is 1. The molecule has 1 aromatic heterocycles. The Hall–Kier alpha value is -2.81. The minimum absolute atomic E-state index is 0. The Kier molecular flexibility index (Phi) is 8.30. The van der Waals surface area contributed by atoms with E-state index in [2.05, 4.69) is 34.6 Å². The number of aromatic nitrogens is 1. The molecule has 2 aliphatic rings. The van der Waals surface area contributed by atoms with Crippen molar-refractivity contribution in [2.24, 2.45) is 0 Å². The first-order valence-electron chi connectivity index (χ1n) is 10.8. The molecule has 1 fully saturated rings. The third-order valence-corrected chi connectivity index (χ3v) is 6.25. The summed E-state index contributed by atoms with van der Waals surface area (Å²) in [5, 5.41) is 3.23. The Balaban J connectivity index is 0.00000171. The summed E-state index contributed by atoms with van der Waals surface area (Å²) in [6, 6.07) is 18.3. The fourth-order valence-electron chi connectivity index (χ4n) is 4.60. The number of carbonyl (C=O) groups is 1. The number of alkyl halides is 3. The van der Waals surface area contributed by atoms with E-state index in [1.54, 1.807) is 4.90 Å². The lowest BCUT2D eigenvalue weighted by Crippen LogP contribution is -2.48. The Labute approximate surface area is 213 Å². The number of benzene rings is 2.